The molecule has 1 aromatic carbocycles. The third kappa shape index (κ3) is 4.84. The fourth-order valence-corrected chi connectivity index (χ4v) is 3.16. The Kier molecular flexibility index (Phi) is 5.79. The van der Waals surface area contributed by atoms with Crippen molar-refractivity contribution in [1.29, 1.82) is 0 Å². The van der Waals surface area contributed by atoms with E-state index in [9.17, 15) is 4.79 Å². The van der Waals surface area contributed by atoms with Gasteiger partial charge < -0.3 is 10.2 Å². The first-order valence-corrected chi connectivity index (χ1v) is 8.26. The number of hydrogen-bond acceptors (Lipinski definition) is 2. The van der Waals surface area contributed by atoms with Crippen molar-refractivity contribution in [2.45, 2.75) is 20.4 Å². The van der Waals surface area contributed by atoms with Crippen molar-refractivity contribution in [3.63, 3.8) is 0 Å². The zero-order valence-electron chi connectivity index (χ0n) is 12.3. The van der Waals surface area contributed by atoms with Gasteiger partial charge in [-0.3, -0.25) is 4.79 Å². The molecule has 0 spiro atoms. The largest absolute Gasteiger partial charge is 0.323 e. The van der Waals surface area contributed by atoms with E-state index < -0.39 is 0 Å². The van der Waals surface area contributed by atoms with Gasteiger partial charge in [-0.05, 0) is 49.1 Å². The molecular formula is C16H20ClN2OS+. The normalized spacial score (nSPS) is 12.1. The van der Waals surface area contributed by atoms with Crippen LogP contribution >= 0.6 is 22.9 Å². The summed E-state index contributed by atoms with van der Waals surface area (Å²) in [7, 11) is 0. The zero-order valence-corrected chi connectivity index (χ0v) is 13.9. The molecule has 5 heteroatoms. The quantitative estimate of drug-likeness (QED) is 0.842. The molecule has 1 atom stereocenters. The van der Waals surface area contributed by atoms with Crippen LogP contribution in [0.25, 0.3) is 0 Å². The molecule has 0 radical (unpaired) electrons. The highest BCUT2D eigenvalue weighted by Gasteiger charge is 2.14. The van der Waals surface area contributed by atoms with E-state index in [1.165, 1.54) is 9.78 Å². The van der Waals surface area contributed by atoms with E-state index >= 15 is 0 Å². The van der Waals surface area contributed by atoms with Crippen LogP contribution in [0.3, 0.4) is 0 Å². The number of benzene rings is 1. The molecule has 0 saturated heterocycles. The SMILES string of the molecule is CC[NH+](CC(=O)Nc1ccc(Cl)cc1C)Cc1cccs1. The number of carbonyl (C=O) groups is 1. The van der Waals surface area contributed by atoms with E-state index in [4.69, 9.17) is 11.6 Å². The van der Waals surface area contributed by atoms with Crippen LogP contribution in [-0.4, -0.2) is 19.0 Å². The Morgan fingerprint density at radius 3 is 2.81 bits per heavy atom. The Bertz CT molecular complexity index is 598. The van der Waals surface area contributed by atoms with Crippen molar-refractivity contribution in [1.82, 2.24) is 0 Å². The van der Waals surface area contributed by atoms with Crippen LogP contribution in [0.4, 0.5) is 5.69 Å². The summed E-state index contributed by atoms with van der Waals surface area (Å²) in [4.78, 5) is 14.7. The molecule has 0 fully saturated rings. The van der Waals surface area contributed by atoms with E-state index in [1.807, 2.05) is 25.1 Å². The van der Waals surface area contributed by atoms with E-state index in [0.717, 1.165) is 24.3 Å². The second-order valence-electron chi connectivity index (χ2n) is 5.04. The standard InChI is InChI=1S/C16H19ClN2OS/c1-3-19(10-14-5-4-8-21-14)11-16(20)18-15-7-6-13(17)9-12(15)2/h4-9H,3,10-11H2,1-2H3,(H,18,20)/p+1. The van der Waals surface area contributed by atoms with Gasteiger partial charge in [0.25, 0.3) is 5.91 Å². The predicted molar refractivity (Wildman–Crippen MR) is 89.2 cm³/mol. The Morgan fingerprint density at radius 2 is 2.19 bits per heavy atom. The van der Waals surface area contributed by atoms with Crippen LogP contribution in [0.2, 0.25) is 5.02 Å². The van der Waals surface area contributed by atoms with Gasteiger partial charge in [0.2, 0.25) is 0 Å². The average molecular weight is 324 g/mol. The highest BCUT2D eigenvalue weighted by molar-refractivity contribution is 7.09. The number of anilines is 1. The molecule has 0 saturated carbocycles. The summed E-state index contributed by atoms with van der Waals surface area (Å²) in [6.45, 7) is 6.32. The van der Waals surface area contributed by atoms with Gasteiger partial charge in [0.15, 0.2) is 6.54 Å². The first-order valence-electron chi connectivity index (χ1n) is 7.00. The molecule has 112 valence electrons. The first kappa shape index (κ1) is 16.0. The molecule has 2 N–H and O–H groups in total. The van der Waals surface area contributed by atoms with Crippen LogP contribution in [0, 0.1) is 6.92 Å². The molecule has 1 unspecified atom stereocenters. The topological polar surface area (TPSA) is 33.5 Å². The van der Waals surface area contributed by atoms with Gasteiger partial charge in [0.1, 0.15) is 6.54 Å². The Hall–Kier alpha value is -1.36. The second-order valence-corrected chi connectivity index (χ2v) is 6.51. The molecule has 1 aromatic heterocycles. The third-order valence-corrected chi connectivity index (χ3v) is 4.49. The number of halogens is 1. The molecule has 0 aliphatic carbocycles. The van der Waals surface area contributed by atoms with E-state index in [2.05, 4.69) is 23.7 Å². The Morgan fingerprint density at radius 1 is 1.38 bits per heavy atom. The number of quaternary nitrogens is 1. The van der Waals surface area contributed by atoms with E-state index in [-0.39, 0.29) is 5.91 Å². The van der Waals surface area contributed by atoms with Crippen molar-refractivity contribution >= 4 is 34.5 Å². The fourth-order valence-electron chi connectivity index (χ4n) is 2.16. The molecule has 2 aromatic rings. The van der Waals surface area contributed by atoms with Gasteiger partial charge in [0.05, 0.1) is 11.4 Å². The number of thiophene rings is 1. The first-order chi connectivity index (χ1) is 10.1. The van der Waals surface area contributed by atoms with Gasteiger partial charge in [-0.25, -0.2) is 0 Å². The second kappa shape index (κ2) is 7.59. The van der Waals surface area contributed by atoms with Crippen LogP contribution in [-0.2, 0) is 11.3 Å². The van der Waals surface area contributed by atoms with Crippen LogP contribution in [0.5, 0.6) is 0 Å². The van der Waals surface area contributed by atoms with E-state index in [0.29, 0.717) is 11.6 Å². The maximum atomic E-state index is 12.2. The minimum absolute atomic E-state index is 0.0360. The fraction of sp³-hybridized carbons (Fsp3) is 0.312. The van der Waals surface area contributed by atoms with Crippen LogP contribution < -0.4 is 10.2 Å². The molecule has 0 aliphatic rings. The van der Waals surface area contributed by atoms with Crippen molar-refractivity contribution < 1.29 is 9.69 Å². The van der Waals surface area contributed by atoms with Gasteiger partial charge in [0, 0.05) is 10.7 Å². The van der Waals surface area contributed by atoms with Crippen molar-refractivity contribution in [2.24, 2.45) is 0 Å². The third-order valence-electron chi connectivity index (χ3n) is 3.38. The van der Waals surface area contributed by atoms with Crippen molar-refractivity contribution in [3.8, 4) is 0 Å². The highest BCUT2D eigenvalue weighted by atomic mass is 35.5. The minimum Gasteiger partial charge on any atom is -0.323 e. The summed E-state index contributed by atoms with van der Waals surface area (Å²) in [5.74, 6) is 0.0360. The lowest BCUT2D eigenvalue weighted by Gasteiger charge is -2.17. The number of carbonyl (C=O) groups excluding carboxylic acids is 1. The van der Waals surface area contributed by atoms with Gasteiger partial charge in [-0.1, -0.05) is 17.7 Å². The van der Waals surface area contributed by atoms with Crippen LogP contribution in [0.15, 0.2) is 35.7 Å². The van der Waals surface area contributed by atoms with Gasteiger partial charge in [-0.15, -0.1) is 11.3 Å². The lowest BCUT2D eigenvalue weighted by Crippen LogP contribution is -3.11. The summed E-state index contributed by atoms with van der Waals surface area (Å²) in [6.07, 6.45) is 0. The Labute approximate surface area is 134 Å². The molecule has 0 bridgehead atoms. The molecule has 1 amide bonds. The summed E-state index contributed by atoms with van der Waals surface area (Å²) >= 11 is 7.66. The number of nitrogens with one attached hydrogen (secondary N) is 2. The number of aryl methyl sites for hydroxylation is 1. The molecule has 0 aliphatic heterocycles. The predicted octanol–water partition coefficient (Wildman–Crippen LogP) is 2.75. The maximum absolute atomic E-state index is 12.2. The number of likely N-dealkylation sites (N-methyl/N-ethyl adjacent to an activating group) is 1. The maximum Gasteiger partial charge on any atom is 0.279 e. The molecule has 21 heavy (non-hydrogen) atoms. The monoisotopic (exact) mass is 323 g/mol. The van der Waals surface area contributed by atoms with E-state index in [1.54, 1.807) is 17.4 Å². The molecule has 3 nitrogen and oxygen atoms in total. The lowest BCUT2D eigenvalue weighted by molar-refractivity contribution is -0.903. The molecular weight excluding hydrogens is 304 g/mol. The number of hydrogen-bond donors (Lipinski definition) is 2. The lowest BCUT2D eigenvalue weighted by atomic mass is 10.2. The summed E-state index contributed by atoms with van der Waals surface area (Å²) in [6, 6.07) is 9.65. The summed E-state index contributed by atoms with van der Waals surface area (Å²) < 4.78 is 0. The van der Waals surface area contributed by atoms with Gasteiger partial charge in [-0.2, -0.15) is 0 Å². The summed E-state index contributed by atoms with van der Waals surface area (Å²) in [5.41, 5.74) is 1.81. The Balaban J connectivity index is 1.93. The smallest absolute Gasteiger partial charge is 0.279 e. The van der Waals surface area contributed by atoms with Crippen molar-refractivity contribution in [3.05, 3.63) is 51.2 Å². The highest BCUT2D eigenvalue weighted by Crippen LogP contribution is 2.19. The zero-order chi connectivity index (χ0) is 15.2. The summed E-state index contributed by atoms with van der Waals surface area (Å²) in [5, 5.41) is 5.72. The average Bonchev–Trinajstić information content (AvgIpc) is 2.94. The minimum atomic E-state index is 0.0360. The molecule has 2 rings (SSSR count). The van der Waals surface area contributed by atoms with Gasteiger partial charge >= 0.3 is 0 Å². The van der Waals surface area contributed by atoms with Crippen molar-refractivity contribution in [2.75, 3.05) is 18.4 Å². The number of rotatable bonds is 6. The molecule has 1 heterocycles. The number of amides is 1. The van der Waals surface area contributed by atoms with Crippen LogP contribution in [0.1, 0.15) is 17.4 Å².